The number of rotatable bonds is 3. The number of H-pyrrole nitrogens is 2. The number of hydrogen-bond acceptors (Lipinski definition) is 2. The van der Waals surface area contributed by atoms with E-state index in [0.717, 1.165) is 29.3 Å². The van der Waals surface area contributed by atoms with Crippen molar-refractivity contribution >= 4 is 11.8 Å². The molecule has 0 fully saturated rings. The van der Waals surface area contributed by atoms with Crippen LogP contribution in [0, 0.1) is 0 Å². The molecular weight excluding hydrogens is 322 g/mol. The van der Waals surface area contributed by atoms with Crippen molar-refractivity contribution in [1.29, 1.82) is 0 Å². The molecule has 2 aromatic rings. The highest BCUT2D eigenvalue weighted by atomic mass is 16.5. The van der Waals surface area contributed by atoms with Crippen LogP contribution in [0.5, 0.6) is 0 Å². The van der Waals surface area contributed by atoms with Gasteiger partial charge in [0.05, 0.1) is 18.5 Å². The Labute approximate surface area is 155 Å². The maximum absolute atomic E-state index is 5.59. The molecule has 1 atom stereocenters. The smallest absolute Gasteiger partial charge is 0.146 e. The molecule has 4 nitrogen and oxygen atoms in total. The van der Waals surface area contributed by atoms with E-state index in [0.29, 0.717) is 5.92 Å². The van der Waals surface area contributed by atoms with E-state index < -0.39 is 0 Å². The van der Waals surface area contributed by atoms with Crippen LogP contribution in [-0.4, -0.2) is 22.8 Å². The summed E-state index contributed by atoms with van der Waals surface area (Å²) in [6, 6.07) is 6.38. The van der Waals surface area contributed by atoms with E-state index in [1.54, 1.807) is 7.11 Å². The fourth-order valence-electron chi connectivity index (χ4n) is 3.93. The topological polar surface area (TPSA) is 53.2 Å². The third-order valence-electron chi connectivity index (χ3n) is 5.44. The highest BCUT2D eigenvalue weighted by molar-refractivity contribution is 6.11. The zero-order valence-electron chi connectivity index (χ0n) is 15.6. The van der Waals surface area contributed by atoms with E-state index >= 15 is 0 Å². The number of aromatic nitrogens is 2. The van der Waals surface area contributed by atoms with Gasteiger partial charge in [-0.2, -0.15) is 0 Å². The normalized spacial score (nSPS) is 22.2. The molecule has 1 aliphatic heterocycles. The molecule has 2 aromatic heterocycles. The van der Waals surface area contributed by atoms with Crippen LogP contribution >= 0.6 is 0 Å². The monoisotopic (exact) mass is 349 g/mol. The van der Waals surface area contributed by atoms with Gasteiger partial charge in [-0.15, -0.1) is 0 Å². The Kier molecular flexibility index (Phi) is 4.83. The second kappa shape index (κ2) is 7.40. The number of aryl methyl sites for hydroxylation is 1. The SMILES string of the molecule is COC1=CC(c2ccc[nH]2)=N/C1=C/c1[nH]c2cc1[C@@H](C)CCCCCC2. The number of nitrogens with one attached hydrogen (secondary N) is 2. The molecule has 136 valence electrons. The van der Waals surface area contributed by atoms with Gasteiger partial charge in [-0.1, -0.05) is 26.2 Å². The van der Waals surface area contributed by atoms with Crippen molar-refractivity contribution in [3.63, 3.8) is 0 Å². The van der Waals surface area contributed by atoms with Crippen molar-refractivity contribution in [2.45, 2.75) is 51.4 Å². The van der Waals surface area contributed by atoms with Gasteiger partial charge >= 0.3 is 0 Å². The molecule has 2 N–H and O–H groups in total. The van der Waals surface area contributed by atoms with Crippen molar-refractivity contribution in [2.24, 2.45) is 4.99 Å². The fourth-order valence-corrected chi connectivity index (χ4v) is 3.93. The lowest BCUT2D eigenvalue weighted by atomic mass is 9.93. The zero-order valence-corrected chi connectivity index (χ0v) is 15.6. The Morgan fingerprint density at radius 2 is 2.12 bits per heavy atom. The number of allylic oxidation sites excluding steroid dienone is 1. The quantitative estimate of drug-likeness (QED) is 0.773. The first-order chi connectivity index (χ1) is 12.7. The summed E-state index contributed by atoms with van der Waals surface area (Å²) in [4.78, 5) is 11.7. The molecule has 1 aliphatic carbocycles. The van der Waals surface area contributed by atoms with Gasteiger partial charge in [-0.05, 0) is 55.0 Å². The standard InChI is InChI=1S/C22H27N3O/c1-15-8-5-3-4-6-9-16-12-17(15)19(24-16)13-21-22(26-2)14-20(25-21)18-10-7-11-23-18/h7,10-15,23-24H,3-6,8-9H2,1-2H3/b21-13+/t15-/m0/s1. The lowest BCUT2D eigenvalue weighted by molar-refractivity contribution is 0.303. The lowest BCUT2D eigenvalue weighted by Crippen LogP contribution is -1.96. The Morgan fingerprint density at radius 3 is 2.92 bits per heavy atom. The highest BCUT2D eigenvalue weighted by Crippen LogP contribution is 2.32. The van der Waals surface area contributed by atoms with Crippen molar-refractivity contribution < 1.29 is 4.74 Å². The molecule has 0 spiro atoms. The predicted octanol–water partition coefficient (Wildman–Crippen LogP) is 5.33. The van der Waals surface area contributed by atoms with Crippen LogP contribution in [0.25, 0.3) is 6.08 Å². The summed E-state index contributed by atoms with van der Waals surface area (Å²) in [6.45, 7) is 2.34. The number of hydrogen-bond donors (Lipinski definition) is 2. The second-order valence-electron chi connectivity index (χ2n) is 7.34. The average Bonchev–Trinajstić information content (AvgIpc) is 3.37. The van der Waals surface area contributed by atoms with E-state index in [4.69, 9.17) is 9.73 Å². The summed E-state index contributed by atoms with van der Waals surface area (Å²) in [7, 11) is 1.71. The van der Waals surface area contributed by atoms with Gasteiger partial charge in [0, 0.05) is 23.7 Å². The van der Waals surface area contributed by atoms with Gasteiger partial charge in [0.25, 0.3) is 0 Å². The number of aliphatic imine (C=N–C) groups is 1. The molecule has 26 heavy (non-hydrogen) atoms. The molecule has 2 aliphatic rings. The minimum absolute atomic E-state index is 0.563. The summed E-state index contributed by atoms with van der Waals surface area (Å²) >= 11 is 0. The maximum atomic E-state index is 5.59. The lowest BCUT2D eigenvalue weighted by Gasteiger charge is -2.12. The van der Waals surface area contributed by atoms with Crippen LogP contribution < -0.4 is 0 Å². The van der Waals surface area contributed by atoms with E-state index in [-0.39, 0.29) is 0 Å². The van der Waals surface area contributed by atoms with Crippen LogP contribution in [0.3, 0.4) is 0 Å². The highest BCUT2D eigenvalue weighted by Gasteiger charge is 2.20. The first-order valence-electron chi connectivity index (χ1n) is 9.66. The molecule has 4 heteroatoms. The Bertz CT molecular complexity index is 852. The van der Waals surface area contributed by atoms with E-state index in [1.807, 2.05) is 24.4 Å². The van der Waals surface area contributed by atoms with Gasteiger partial charge in [-0.25, -0.2) is 4.99 Å². The second-order valence-corrected chi connectivity index (χ2v) is 7.34. The summed E-state index contributed by atoms with van der Waals surface area (Å²) in [5.74, 6) is 1.38. The minimum atomic E-state index is 0.563. The fraction of sp³-hybridized carbons (Fsp3) is 0.409. The van der Waals surface area contributed by atoms with Crippen molar-refractivity contribution in [2.75, 3.05) is 7.11 Å². The molecule has 0 aromatic carbocycles. The minimum Gasteiger partial charge on any atom is -0.494 e. The molecule has 3 heterocycles. The summed E-state index contributed by atoms with van der Waals surface area (Å²) < 4.78 is 5.59. The van der Waals surface area contributed by atoms with Gasteiger partial charge in [0.2, 0.25) is 0 Å². The molecule has 0 amide bonds. The molecule has 0 saturated carbocycles. The Hall–Kier alpha value is -2.49. The van der Waals surface area contributed by atoms with Gasteiger partial charge < -0.3 is 14.7 Å². The first-order valence-corrected chi connectivity index (χ1v) is 9.66. The van der Waals surface area contributed by atoms with Gasteiger partial charge in [-0.3, -0.25) is 0 Å². The molecule has 0 saturated heterocycles. The maximum Gasteiger partial charge on any atom is 0.146 e. The van der Waals surface area contributed by atoms with Crippen LogP contribution in [0.4, 0.5) is 0 Å². The first kappa shape index (κ1) is 17.0. The van der Waals surface area contributed by atoms with Crippen LogP contribution in [0.15, 0.2) is 46.9 Å². The molecule has 2 bridgehead atoms. The number of aromatic amines is 2. The van der Waals surface area contributed by atoms with E-state index in [9.17, 15) is 0 Å². The van der Waals surface area contributed by atoms with Crippen LogP contribution in [0.2, 0.25) is 0 Å². The number of methoxy groups -OCH3 is 1. The third kappa shape index (κ3) is 3.41. The summed E-state index contributed by atoms with van der Waals surface area (Å²) in [5.41, 5.74) is 6.74. The Morgan fingerprint density at radius 1 is 1.23 bits per heavy atom. The molecule has 0 radical (unpaired) electrons. The largest absolute Gasteiger partial charge is 0.494 e. The van der Waals surface area contributed by atoms with Gasteiger partial charge in [0.1, 0.15) is 11.5 Å². The summed E-state index contributed by atoms with van der Waals surface area (Å²) in [5, 5.41) is 0. The van der Waals surface area contributed by atoms with E-state index in [1.165, 1.54) is 49.1 Å². The van der Waals surface area contributed by atoms with Crippen LogP contribution in [0.1, 0.15) is 67.6 Å². The summed E-state index contributed by atoms with van der Waals surface area (Å²) in [6.07, 6.45) is 13.7. The van der Waals surface area contributed by atoms with Crippen molar-refractivity contribution in [3.05, 3.63) is 64.6 Å². The van der Waals surface area contributed by atoms with Crippen LogP contribution in [-0.2, 0) is 11.2 Å². The van der Waals surface area contributed by atoms with Gasteiger partial charge in [0.15, 0.2) is 0 Å². The molecular formula is C22H27N3O. The Balaban J connectivity index is 1.71. The predicted molar refractivity (Wildman–Crippen MR) is 106 cm³/mol. The van der Waals surface area contributed by atoms with E-state index in [2.05, 4.69) is 29.0 Å². The van der Waals surface area contributed by atoms with Crippen molar-refractivity contribution in [3.8, 4) is 0 Å². The zero-order chi connectivity index (χ0) is 17.9. The number of fused-ring (bicyclic) bond motifs is 2. The average molecular weight is 349 g/mol. The molecule has 4 rings (SSSR count). The third-order valence-corrected chi connectivity index (χ3v) is 5.44. The molecule has 0 unspecified atom stereocenters. The number of nitrogens with zero attached hydrogens (tertiary/aromatic N) is 1. The van der Waals surface area contributed by atoms with Crippen molar-refractivity contribution in [1.82, 2.24) is 9.97 Å². The number of ether oxygens (including phenoxy) is 1.